The van der Waals surface area contributed by atoms with E-state index in [9.17, 15) is 27.6 Å². The Morgan fingerprint density at radius 3 is 2.53 bits per heavy atom. The third-order valence-corrected chi connectivity index (χ3v) is 4.81. The van der Waals surface area contributed by atoms with Crippen LogP contribution < -0.4 is 15.5 Å². The number of hydrogen-bond donors (Lipinski definition) is 3. The number of imide groups is 1. The zero-order valence-electron chi connectivity index (χ0n) is 17.4. The van der Waals surface area contributed by atoms with E-state index in [-0.39, 0.29) is 18.8 Å². The van der Waals surface area contributed by atoms with Gasteiger partial charge in [0.2, 0.25) is 0 Å². The topological polar surface area (TPSA) is 126 Å². The molecule has 1 aliphatic rings. The maximum Gasteiger partial charge on any atom is 0.417 e. The van der Waals surface area contributed by atoms with Crippen LogP contribution in [-0.2, 0) is 11.0 Å². The van der Waals surface area contributed by atoms with Gasteiger partial charge in [-0.1, -0.05) is 12.2 Å². The second kappa shape index (κ2) is 9.69. The molecule has 1 aromatic carbocycles. The van der Waals surface area contributed by atoms with E-state index in [4.69, 9.17) is 10.4 Å². The maximum absolute atomic E-state index is 13.3. The lowest BCUT2D eigenvalue weighted by molar-refractivity contribution is -0.137. The standard InChI is InChI=1S/C20H22F3N5O4/c1-19(2)16(29)28(14-6-5-13(12-24)15(11-14)20(21,22)23)18(32)27(19)10-4-3-7-25-8-9-26-17(30)31/h3-6,11,25-26H,7-10H2,1-2H3,(H,30,31)/b4-3+. The van der Waals surface area contributed by atoms with Crippen LogP contribution in [-0.4, -0.2) is 59.8 Å². The Kier molecular flexibility index (Phi) is 7.48. The van der Waals surface area contributed by atoms with Crippen LogP contribution in [0.1, 0.15) is 25.0 Å². The number of urea groups is 1. The molecule has 0 atom stereocenters. The van der Waals surface area contributed by atoms with Gasteiger partial charge in [0.15, 0.2) is 0 Å². The van der Waals surface area contributed by atoms with E-state index in [1.165, 1.54) is 24.8 Å². The van der Waals surface area contributed by atoms with E-state index in [1.807, 2.05) is 0 Å². The van der Waals surface area contributed by atoms with Gasteiger partial charge in [-0.2, -0.15) is 18.4 Å². The molecule has 0 unspecified atom stereocenters. The lowest BCUT2D eigenvalue weighted by Crippen LogP contribution is -2.44. The molecule has 1 aliphatic heterocycles. The van der Waals surface area contributed by atoms with Crippen molar-refractivity contribution in [3.05, 3.63) is 41.5 Å². The first-order valence-electron chi connectivity index (χ1n) is 9.51. The molecule has 0 radical (unpaired) electrons. The summed E-state index contributed by atoms with van der Waals surface area (Å²) in [6, 6.07) is 3.37. The first kappa shape index (κ1) is 24.7. The number of rotatable bonds is 8. The minimum atomic E-state index is -4.82. The van der Waals surface area contributed by atoms with Gasteiger partial charge in [-0.15, -0.1) is 0 Å². The number of halogens is 3. The van der Waals surface area contributed by atoms with Gasteiger partial charge in [0, 0.05) is 26.2 Å². The molecule has 0 spiro atoms. The average molecular weight is 453 g/mol. The molecule has 4 amide bonds. The summed E-state index contributed by atoms with van der Waals surface area (Å²) >= 11 is 0. The van der Waals surface area contributed by atoms with Crippen LogP contribution in [0.2, 0.25) is 0 Å². The second-order valence-electron chi connectivity index (χ2n) is 7.34. The highest BCUT2D eigenvalue weighted by Crippen LogP contribution is 2.37. The van der Waals surface area contributed by atoms with Crippen molar-refractivity contribution in [1.29, 1.82) is 5.26 Å². The summed E-state index contributed by atoms with van der Waals surface area (Å²) in [7, 11) is 0. The molecule has 0 aromatic heterocycles. The zero-order valence-corrected chi connectivity index (χ0v) is 17.4. The fourth-order valence-corrected chi connectivity index (χ4v) is 3.08. The molecule has 2 rings (SSSR count). The molecular formula is C20H22F3N5O4. The summed E-state index contributed by atoms with van der Waals surface area (Å²) in [5.74, 6) is -0.688. The van der Waals surface area contributed by atoms with Gasteiger partial charge in [0.1, 0.15) is 5.54 Å². The summed E-state index contributed by atoms with van der Waals surface area (Å²) in [6.07, 6.45) is -2.65. The van der Waals surface area contributed by atoms with Crippen molar-refractivity contribution in [2.24, 2.45) is 0 Å². The predicted octanol–water partition coefficient (Wildman–Crippen LogP) is 2.54. The number of carboxylic acid groups (broad SMARTS) is 1. The number of amides is 4. The van der Waals surface area contributed by atoms with Crippen LogP contribution in [0.3, 0.4) is 0 Å². The van der Waals surface area contributed by atoms with E-state index >= 15 is 0 Å². The first-order valence-corrected chi connectivity index (χ1v) is 9.51. The van der Waals surface area contributed by atoms with Crippen molar-refractivity contribution in [3.63, 3.8) is 0 Å². The summed E-state index contributed by atoms with van der Waals surface area (Å²) in [5, 5.41) is 22.5. The van der Waals surface area contributed by atoms with E-state index in [0.717, 1.165) is 12.1 Å². The highest BCUT2D eigenvalue weighted by Gasteiger charge is 2.51. The van der Waals surface area contributed by atoms with Gasteiger partial charge in [-0.3, -0.25) is 4.79 Å². The largest absolute Gasteiger partial charge is 0.465 e. The Morgan fingerprint density at radius 2 is 1.94 bits per heavy atom. The fourth-order valence-electron chi connectivity index (χ4n) is 3.08. The van der Waals surface area contributed by atoms with Crippen molar-refractivity contribution in [3.8, 4) is 6.07 Å². The molecule has 9 nitrogen and oxygen atoms in total. The first-order chi connectivity index (χ1) is 14.9. The Bertz CT molecular complexity index is 969. The molecule has 32 heavy (non-hydrogen) atoms. The van der Waals surface area contributed by atoms with Crippen molar-refractivity contribution in [1.82, 2.24) is 15.5 Å². The fraction of sp³-hybridized carbons (Fsp3) is 0.400. The number of hydrogen-bond acceptors (Lipinski definition) is 5. The molecule has 1 fully saturated rings. The lowest BCUT2D eigenvalue weighted by atomic mass is 10.0. The molecule has 3 N–H and O–H groups in total. The third-order valence-electron chi connectivity index (χ3n) is 4.81. The summed E-state index contributed by atoms with van der Waals surface area (Å²) in [6.45, 7) is 4.00. The minimum Gasteiger partial charge on any atom is -0.465 e. The number of alkyl halides is 3. The summed E-state index contributed by atoms with van der Waals surface area (Å²) < 4.78 is 39.9. The summed E-state index contributed by atoms with van der Waals surface area (Å²) in [4.78, 5) is 38.0. The number of nitriles is 1. The van der Waals surface area contributed by atoms with Crippen molar-refractivity contribution in [2.75, 3.05) is 31.1 Å². The number of anilines is 1. The maximum atomic E-state index is 13.3. The molecule has 0 bridgehead atoms. The van der Waals surface area contributed by atoms with Crippen LogP contribution in [0.5, 0.6) is 0 Å². The van der Waals surface area contributed by atoms with E-state index < -0.39 is 40.9 Å². The predicted molar refractivity (Wildman–Crippen MR) is 108 cm³/mol. The third kappa shape index (κ3) is 5.36. The van der Waals surface area contributed by atoms with E-state index in [0.29, 0.717) is 24.1 Å². The van der Waals surface area contributed by atoms with Gasteiger partial charge in [0.25, 0.3) is 5.91 Å². The number of carbonyl (C=O) groups is 3. The number of carbonyl (C=O) groups excluding carboxylic acids is 2. The van der Waals surface area contributed by atoms with Crippen molar-refractivity contribution < 1.29 is 32.7 Å². The van der Waals surface area contributed by atoms with Gasteiger partial charge in [-0.25, -0.2) is 14.5 Å². The highest BCUT2D eigenvalue weighted by atomic mass is 19.4. The van der Waals surface area contributed by atoms with Crippen LogP contribution in [0, 0.1) is 11.3 Å². The average Bonchev–Trinajstić information content (AvgIpc) is 2.87. The van der Waals surface area contributed by atoms with E-state index in [2.05, 4.69) is 10.6 Å². The van der Waals surface area contributed by atoms with Crippen LogP contribution in [0.4, 0.5) is 28.4 Å². The van der Waals surface area contributed by atoms with Gasteiger partial charge >= 0.3 is 18.3 Å². The molecule has 1 saturated heterocycles. The smallest absolute Gasteiger partial charge is 0.417 e. The number of benzene rings is 1. The van der Waals surface area contributed by atoms with Crippen LogP contribution in [0.15, 0.2) is 30.4 Å². The van der Waals surface area contributed by atoms with Crippen molar-refractivity contribution in [2.45, 2.75) is 25.6 Å². The number of nitrogens with one attached hydrogen (secondary N) is 2. The minimum absolute atomic E-state index is 0.0333. The molecule has 0 aliphatic carbocycles. The van der Waals surface area contributed by atoms with E-state index in [1.54, 1.807) is 12.2 Å². The summed E-state index contributed by atoms with van der Waals surface area (Å²) in [5.41, 5.74) is -3.39. The molecular weight excluding hydrogens is 431 g/mol. The van der Waals surface area contributed by atoms with Crippen LogP contribution >= 0.6 is 0 Å². The Balaban J connectivity index is 2.13. The number of nitrogens with zero attached hydrogens (tertiary/aromatic N) is 3. The molecule has 1 aromatic rings. The highest BCUT2D eigenvalue weighted by molar-refractivity contribution is 6.23. The molecule has 12 heteroatoms. The molecule has 172 valence electrons. The Labute approximate surface area is 182 Å². The lowest BCUT2D eigenvalue weighted by Gasteiger charge is -2.26. The van der Waals surface area contributed by atoms with Crippen molar-refractivity contribution >= 4 is 23.7 Å². The van der Waals surface area contributed by atoms with Gasteiger partial charge < -0.3 is 20.6 Å². The quantitative estimate of drug-likeness (QED) is 0.316. The molecule has 0 saturated carbocycles. The Morgan fingerprint density at radius 1 is 1.25 bits per heavy atom. The normalized spacial score (nSPS) is 16.0. The van der Waals surface area contributed by atoms with Gasteiger partial charge in [0.05, 0.1) is 22.9 Å². The SMILES string of the molecule is CC1(C)C(=O)N(c2ccc(C#N)c(C(F)(F)F)c2)C(=O)N1C/C=C/CNCCNC(=O)O. The molecule has 1 heterocycles. The monoisotopic (exact) mass is 453 g/mol. The Hall–Kier alpha value is -3.59. The zero-order chi connectivity index (χ0) is 24.1. The second-order valence-corrected chi connectivity index (χ2v) is 7.34. The van der Waals surface area contributed by atoms with Gasteiger partial charge in [-0.05, 0) is 32.0 Å². The van der Waals surface area contributed by atoms with Crippen LogP contribution in [0.25, 0.3) is 0 Å².